The molecular weight excluding hydrogens is 362 g/mol. The molecule has 1 fully saturated rings. The van der Waals surface area contributed by atoms with E-state index in [1.807, 2.05) is 16.3 Å². The Kier molecular flexibility index (Phi) is 5.61. The van der Waals surface area contributed by atoms with Crippen molar-refractivity contribution in [3.05, 3.63) is 28.0 Å². The van der Waals surface area contributed by atoms with Crippen molar-refractivity contribution in [2.75, 3.05) is 26.7 Å². The average Bonchev–Trinajstić information content (AvgIpc) is 3.28. The molecule has 4 rings (SSSR count). The van der Waals surface area contributed by atoms with Crippen LogP contribution in [0.5, 0.6) is 5.75 Å². The summed E-state index contributed by atoms with van der Waals surface area (Å²) >= 11 is 1.44. The van der Waals surface area contributed by atoms with Crippen molar-refractivity contribution in [1.82, 2.24) is 25.0 Å². The molecule has 0 atom stereocenters. The third-order valence-electron chi connectivity index (χ3n) is 4.84. The highest BCUT2D eigenvalue weighted by Gasteiger charge is 2.30. The molecule has 0 radical (unpaired) electrons. The van der Waals surface area contributed by atoms with Gasteiger partial charge in [-0.05, 0) is 24.3 Å². The van der Waals surface area contributed by atoms with Gasteiger partial charge in [-0.2, -0.15) is 0 Å². The molecule has 0 unspecified atom stereocenters. The highest BCUT2D eigenvalue weighted by molar-refractivity contribution is 7.12. The van der Waals surface area contributed by atoms with Gasteiger partial charge in [-0.25, -0.2) is 0 Å². The number of nitrogens with one attached hydrogen (secondary N) is 1. The second-order valence-corrected chi connectivity index (χ2v) is 7.10. The zero-order valence-electron chi connectivity index (χ0n) is 14.1. The Hall–Kier alpha value is -1.64. The summed E-state index contributed by atoms with van der Waals surface area (Å²) in [5, 5.41) is 13.9. The predicted octanol–water partition coefficient (Wildman–Crippen LogP) is 1.89. The van der Waals surface area contributed by atoms with Crippen molar-refractivity contribution in [2.45, 2.75) is 31.8 Å². The molecule has 25 heavy (non-hydrogen) atoms. The topological polar surface area (TPSA) is 72.3 Å². The Balaban J connectivity index is 0.00000182. The fourth-order valence-corrected chi connectivity index (χ4v) is 4.34. The van der Waals surface area contributed by atoms with E-state index in [1.54, 1.807) is 7.11 Å². The van der Waals surface area contributed by atoms with Crippen LogP contribution < -0.4 is 10.1 Å². The number of piperidine rings is 1. The normalized spacial score (nSPS) is 17.7. The summed E-state index contributed by atoms with van der Waals surface area (Å²) < 4.78 is 7.53. The van der Waals surface area contributed by atoms with Crippen molar-refractivity contribution in [1.29, 1.82) is 0 Å². The standard InChI is InChI=1S/C16H21N5O2S.ClH/c1-23-12-4-9-24-14(12)16(22)20-6-2-11(3-7-20)15-19-18-13-10-17-5-8-21(13)15;/h4,9,11,17H,2-3,5-8,10H2,1H3;1H. The van der Waals surface area contributed by atoms with E-state index in [4.69, 9.17) is 4.74 Å². The SMILES string of the molecule is COc1ccsc1C(=O)N1CCC(c2nnc3n2CCNC3)CC1.Cl. The van der Waals surface area contributed by atoms with E-state index >= 15 is 0 Å². The molecule has 1 amide bonds. The van der Waals surface area contributed by atoms with Crippen LogP contribution in [0.2, 0.25) is 0 Å². The minimum atomic E-state index is 0. The summed E-state index contributed by atoms with van der Waals surface area (Å²) in [4.78, 5) is 15.3. The van der Waals surface area contributed by atoms with Gasteiger partial charge < -0.3 is 19.5 Å². The van der Waals surface area contributed by atoms with Crippen LogP contribution in [0.15, 0.2) is 11.4 Å². The first-order chi connectivity index (χ1) is 11.8. The molecule has 0 aromatic carbocycles. The summed E-state index contributed by atoms with van der Waals surface area (Å²) in [6, 6.07) is 1.85. The highest BCUT2D eigenvalue weighted by Crippen LogP contribution is 2.31. The van der Waals surface area contributed by atoms with Gasteiger partial charge >= 0.3 is 0 Å². The first-order valence-corrected chi connectivity index (χ1v) is 9.19. The maximum atomic E-state index is 12.7. The lowest BCUT2D eigenvalue weighted by Gasteiger charge is -2.32. The minimum Gasteiger partial charge on any atom is -0.495 e. The highest BCUT2D eigenvalue weighted by atomic mass is 35.5. The number of ether oxygens (including phenoxy) is 1. The molecule has 0 saturated carbocycles. The molecule has 4 heterocycles. The van der Waals surface area contributed by atoms with Gasteiger partial charge in [0.25, 0.3) is 5.91 Å². The lowest BCUT2D eigenvalue weighted by atomic mass is 9.95. The van der Waals surface area contributed by atoms with Gasteiger partial charge in [0.15, 0.2) is 0 Å². The van der Waals surface area contributed by atoms with Gasteiger partial charge in [0.1, 0.15) is 22.3 Å². The number of carbonyl (C=O) groups excluding carboxylic acids is 1. The third kappa shape index (κ3) is 3.38. The van der Waals surface area contributed by atoms with Crippen molar-refractivity contribution in [3.63, 3.8) is 0 Å². The Morgan fingerprint density at radius 3 is 2.88 bits per heavy atom. The van der Waals surface area contributed by atoms with Crippen molar-refractivity contribution in [3.8, 4) is 5.75 Å². The molecule has 1 saturated heterocycles. The fourth-order valence-electron chi connectivity index (χ4n) is 3.52. The predicted molar refractivity (Wildman–Crippen MR) is 97.7 cm³/mol. The monoisotopic (exact) mass is 383 g/mol. The van der Waals surface area contributed by atoms with Gasteiger partial charge in [0.2, 0.25) is 0 Å². The Bertz CT molecular complexity index is 739. The molecule has 136 valence electrons. The van der Waals surface area contributed by atoms with E-state index in [-0.39, 0.29) is 18.3 Å². The van der Waals surface area contributed by atoms with E-state index in [9.17, 15) is 4.79 Å². The van der Waals surface area contributed by atoms with Crippen LogP contribution in [-0.2, 0) is 13.1 Å². The maximum Gasteiger partial charge on any atom is 0.267 e. The largest absolute Gasteiger partial charge is 0.495 e. The van der Waals surface area contributed by atoms with Crippen molar-refractivity contribution >= 4 is 29.7 Å². The van der Waals surface area contributed by atoms with Crippen molar-refractivity contribution in [2.24, 2.45) is 0 Å². The molecule has 2 aliphatic rings. The first kappa shape index (κ1) is 18.2. The molecule has 2 aliphatic heterocycles. The molecule has 0 spiro atoms. The van der Waals surface area contributed by atoms with E-state index in [0.29, 0.717) is 16.5 Å². The van der Waals surface area contributed by atoms with Crippen LogP contribution in [0.3, 0.4) is 0 Å². The van der Waals surface area contributed by atoms with Crippen LogP contribution in [0.1, 0.15) is 40.1 Å². The zero-order valence-corrected chi connectivity index (χ0v) is 15.7. The number of hydrogen-bond acceptors (Lipinski definition) is 6. The Labute approximate surface area is 156 Å². The molecule has 2 aromatic rings. The average molecular weight is 384 g/mol. The summed E-state index contributed by atoms with van der Waals surface area (Å²) in [6.45, 7) is 4.20. The Morgan fingerprint density at radius 2 is 2.12 bits per heavy atom. The number of amides is 1. The third-order valence-corrected chi connectivity index (χ3v) is 5.73. The number of thiophene rings is 1. The fraction of sp³-hybridized carbons (Fsp3) is 0.562. The maximum absolute atomic E-state index is 12.7. The number of likely N-dealkylation sites (tertiary alicyclic amines) is 1. The molecule has 1 N–H and O–H groups in total. The number of halogens is 1. The van der Waals surface area contributed by atoms with Crippen molar-refractivity contribution < 1.29 is 9.53 Å². The van der Waals surface area contributed by atoms with E-state index < -0.39 is 0 Å². The van der Waals surface area contributed by atoms with Gasteiger partial charge in [0.05, 0.1) is 13.7 Å². The molecule has 7 nitrogen and oxygen atoms in total. The lowest BCUT2D eigenvalue weighted by Crippen LogP contribution is -2.38. The number of fused-ring (bicyclic) bond motifs is 1. The zero-order chi connectivity index (χ0) is 16.5. The number of hydrogen-bond donors (Lipinski definition) is 1. The Morgan fingerprint density at radius 1 is 1.32 bits per heavy atom. The molecular formula is C16H22ClN5O2S. The number of aromatic nitrogens is 3. The van der Waals surface area contributed by atoms with Crippen LogP contribution in [0, 0.1) is 0 Å². The molecule has 2 aromatic heterocycles. The summed E-state index contributed by atoms with van der Waals surface area (Å²) in [5.74, 6) is 3.25. The van der Waals surface area contributed by atoms with E-state index in [0.717, 1.165) is 57.2 Å². The lowest BCUT2D eigenvalue weighted by molar-refractivity contribution is 0.0712. The van der Waals surface area contributed by atoms with Crippen LogP contribution in [0.4, 0.5) is 0 Å². The number of rotatable bonds is 3. The number of methoxy groups -OCH3 is 1. The van der Waals surface area contributed by atoms with Crippen LogP contribution in [0.25, 0.3) is 0 Å². The summed E-state index contributed by atoms with van der Waals surface area (Å²) in [6.07, 6.45) is 1.87. The first-order valence-electron chi connectivity index (χ1n) is 8.31. The molecule has 9 heteroatoms. The molecule has 0 aliphatic carbocycles. The minimum absolute atomic E-state index is 0. The van der Waals surface area contributed by atoms with Gasteiger partial charge in [0, 0.05) is 32.1 Å². The number of carbonyl (C=O) groups is 1. The smallest absolute Gasteiger partial charge is 0.267 e. The quantitative estimate of drug-likeness (QED) is 0.876. The van der Waals surface area contributed by atoms with Crippen LogP contribution in [-0.4, -0.2) is 52.3 Å². The summed E-state index contributed by atoms with van der Waals surface area (Å²) in [7, 11) is 1.61. The number of nitrogens with zero attached hydrogens (tertiary/aromatic N) is 4. The van der Waals surface area contributed by atoms with Gasteiger partial charge in [-0.3, -0.25) is 4.79 Å². The second kappa shape index (κ2) is 7.72. The summed E-state index contributed by atoms with van der Waals surface area (Å²) in [5.41, 5.74) is 0. The second-order valence-electron chi connectivity index (χ2n) is 6.19. The van der Waals surface area contributed by atoms with Gasteiger partial charge in [-0.1, -0.05) is 0 Å². The van der Waals surface area contributed by atoms with Crippen LogP contribution >= 0.6 is 23.7 Å². The molecule has 0 bridgehead atoms. The van der Waals surface area contributed by atoms with E-state index in [2.05, 4.69) is 20.1 Å². The van der Waals surface area contributed by atoms with E-state index in [1.165, 1.54) is 11.3 Å². The van der Waals surface area contributed by atoms with Gasteiger partial charge in [-0.15, -0.1) is 33.9 Å².